The largest absolute Gasteiger partial charge is 0.390 e. The van der Waals surface area contributed by atoms with Crippen LogP contribution in [0.15, 0.2) is 35.7 Å². The highest BCUT2D eigenvalue weighted by molar-refractivity contribution is 8.76. The normalized spacial score (nSPS) is 20.8. The van der Waals surface area contributed by atoms with Gasteiger partial charge in [-0.25, -0.2) is 18.4 Å². The molecule has 142 valence electrons. The van der Waals surface area contributed by atoms with Crippen LogP contribution in [0.1, 0.15) is 31.6 Å². The third-order valence-electron chi connectivity index (χ3n) is 4.36. The van der Waals surface area contributed by atoms with Gasteiger partial charge in [-0.3, -0.25) is 0 Å². The summed E-state index contributed by atoms with van der Waals surface area (Å²) in [6, 6.07) is 3.46. The van der Waals surface area contributed by atoms with Crippen molar-refractivity contribution >= 4 is 21.6 Å². The van der Waals surface area contributed by atoms with Crippen LogP contribution in [0.25, 0.3) is 0 Å². The molecule has 1 saturated heterocycles. The molecular formula is C17H21F2N3O2S2. The Kier molecular flexibility index (Phi) is 6.91. The Hall–Kier alpha value is -1.16. The minimum absolute atomic E-state index is 0.0292. The quantitative estimate of drug-likeness (QED) is 0.673. The number of ether oxygens (including phenoxy) is 1. The summed E-state index contributed by atoms with van der Waals surface area (Å²) in [4.78, 5) is 4.25. The van der Waals surface area contributed by atoms with Crippen LogP contribution < -0.4 is 0 Å². The van der Waals surface area contributed by atoms with Crippen LogP contribution >= 0.6 is 21.6 Å². The molecule has 26 heavy (non-hydrogen) atoms. The van der Waals surface area contributed by atoms with Gasteiger partial charge in [-0.05, 0) is 37.3 Å². The average Bonchev–Trinajstić information content (AvgIpc) is 3.30. The van der Waals surface area contributed by atoms with Crippen LogP contribution in [-0.4, -0.2) is 38.7 Å². The Labute approximate surface area is 158 Å². The summed E-state index contributed by atoms with van der Waals surface area (Å²) in [5, 5.41) is 14.5. The van der Waals surface area contributed by atoms with Gasteiger partial charge in [0.1, 0.15) is 29.7 Å². The number of aromatic nitrogens is 3. The Bertz CT molecular complexity index is 699. The number of halogens is 2. The molecule has 0 amide bonds. The SMILES string of the molecule is CC(CC1CCCO1)C(O)C(SSc1ccc(F)cc1F)n1cncn1. The second-order valence-corrected chi connectivity index (χ2v) is 8.72. The fraction of sp³-hybridized carbons (Fsp3) is 0.529. The fourth-order valence-corrected chi connectivity index (χ4v) is 5.58. The topological polar surface area (TPSA) is 60.2 Å². The van der Waals surface area contributed by atoms with Crippen LogP contribution in [0, 0.1) is 17.6 Å². The van der Waals surface area contributed by atoms with E-state index in [1.807, 2.05) is 6.92 Å². The van der Waals surface area contributed by atoms with Crippen molar-refractivity contribution in [2.24, 2.45) is 5.92 Å². The molecule has 1 fully saturated rings. The van der Waals surface area contributed by atoms with E-state index in [1.165, 1.54) is 35.6 Å². The zero-order chi connectivity index (χ0) is 18.5. The van der Waals surface area contributed by atoms with Crippen LogP contribution in [0.5, 0.6) is 0 Å². The minimum atomic E-state index is -0.720. The molecule has 4 atom stereocenters. The molecule has 9 heteroatoms. The van der Waals surface area contributed by atoms with E-state index >= 15 is 0 Å². The van der Waals surface area contributed by atoms with E-state index in [9.17, 15) is 13.9 Å². The molecule has 1 aromatic heterocycles. The number of benzene rings is 1. The van der Waals surface area contributed by atoms with Gasteiger partial charge in [0, 0.05) is 12.7 Å². The van der Waals surface area contributed by atoms with E-state index in [0.29, 0.717) is 4.90 Å². The van der Waals surface area contributed by atoms with Gasteiger partial charge < -0.3 is 9.84 Å². The Balaban J connectivity index is 1.68. The molecule has 1 N–H and O–H groups in total. The molecule has 1 aliphatic rings. The second kappa shape index (κ2) is 9.16. The number of aliphatic hydroxyl groups is 1. The lowest BCUT2D eigenvalue weighted by Gasteiger charge is -2.28. The van der Waals surface area contributed by atoms with E-state index in [4.69, 9.17) is 4.74 Å². The van der Waals surface area contributed by atoms with Crippen LogP contribution in [0.4, 0.5) is 8.78 Å². The summed E-state index contributed by atoms with van der Waals surface area (Å²) >= 11 is 0. The molecule has 1 aliphatic heterocycles. The number of hydrogen-bond acceptors (Lipinski definition) is 6. The van der Waals surface area contributed by atoms with Crippen molar-refractivity contribution in [3.05, 3.63) is 42.5 Å². The van der Waals surface area contributed by atoms with Gasteiger partial charge in [-0.1, -0.05) is 28.5 Å². The van der Waals surface area contributed by atoms with Crippen LogP contribution in [0.3, 0.4) is 0 Å². The molecular weight excluding hydrogens is 380 g/mol. The first-order chi connectivity index (χ1) is 12.5. The first kappa shape index (κ1) is 19.6. The van der Waals surface area contributed by atoms with E-state index in [1.54, 1.807) is 4.68 Å². The summed E-state index contributed by atoms with van der Waals surface area (Å²) in [5.41, 5.74) is 0. The van der Waals surface area contributed by atoms with E-state index in [-0.39, 0.29) is 12.0 Å². The van der Waals surface area contributed by atoms with E-state index in [0.717, 1.165) is 42.7 Å². The highest BCUT2D eigenvalue weighted by atomic mass is 33.1. The lowest BCUT2D eigenvalue weighted by Crippen LogP contribution is -2.30. The second-order valence-electron chi connectivity index (χ2n) is 6.36. The smallest absolute Gasteiger partial charge is 0.140 e. The first-order valence-electron chi connectivity index (χ1n) is 8.46. The average molecular weight is 402 g/mol. The van der Waals surface area contributed by atoms with Gasteiger partial charge in [-0.2, -0.15) is 5.10 Å². The third-order valence-corrected chi connectivity index (χ3v) is 7.08. The van der Waals surface area contributed by atoms with Gasteiger partial charge in [-0.15, -0.1) is 0 Å². The standard InChI is InChI=1S/C17H21F2N3O2S2/c1-11(7-13-3-2-6-24-13)16(23)17(22-10-20-9-21-22)26-25-15-5-4-12(18)8-14(15)19/h4-5,8-11,13,16-17,23H,2-3,6-7H2,1H3. The molecule has 4 unspecified atom stereocenters. The predicted molar refractivity (Wildman–Crippen MR) is 97.6 cm³/mol. The van der Waals surface area contributed by atoms with Crippen molar-refractivity contribution < 1.29 is 18.6 Å². The van der Waals surface area contributed by atoms with Crippen molar-refractivity contribution in [1.82, 2.24) is 14.8 Å². The molecule has 0 aliphatic carbocycles. The van der Waals surface area contributed by atoms with Crippen molar-refractivity contribution in [3.63, 3.8) is 0 Å². The summed E-state index contributed by atoms with van der Waals surface area (Å²) in [6.07, 6.45) is 5.19. The predicted octanol–water partition coefficient (Wildman–Crippen LogP) is 4.06. The van der Waals surface area contributed by atoms with Crippen molar-refractivity contribution in [2.45, 2.75) is 48.7 Å². The van der Waals surface area contributed by atoms with Gasteiger partial charge in [0.05, 0.1) is 17.1 Å². The monoisotopic (exact) mass is 401 g/mol. The molecule has 0 spiro atoms. The van der Waals surface area contributed by atoms with Crippen LogP contribution in [0.2, 0.25) is 0 Å². The minimum Gasteiger partial charge on any atom is -0.390 e. The Morgan fingerprint density at radius 3 is 2.92 bits per heavy atom. The highest BCUT2D eigenvalue weighted by Gasteiger charge is 2.31. The molecule has 1 aromatic carbocycles. The van der Waals surface area contributed by atoms with Crippen molar-refractivity contribution in [2.75, 3.05) is 6.61 Å². The zero-order valence-electron chi connectivity index (χ0n) is 14.3. The first-order valence-corrected chi connectivity index (χ1v) is 10.7. The van der Waals surface area contributed by atoms with Gasteiger partial charge >= 0.3 is 0 Å². The number of nitrogens with zero attached hydrogens (tertiary/aromatic N) is 3. The molecule has 0 radical (unpaired) electrons. The third kappa shape index (κ3) is 4.97. The molecule has 3 rings (SSSR count). The fourth-order valence-electron chi connectivity index (χ4n) is 2.92. The maximum absolute atomic E-state index is 13.9. The maximum atomic E-state index is 13.9. The number of hydrogen-bond donors (Lipinski definition) is 1. The number of rotatable bonds is 8. The zero-order valence-corrected chi connectivity index (χ0v) is 15.9. The summed E-state index contributed by atoms with van der Waals surface area (Å²) < 4.78 is 34.2. The molecule has 5 nitrogen and oxygen atoms in total. The van der Waals surface area contributed by atoms with Gasteiger partial charge in [0.15, 0.2) is 0 Å². The Morgan fingerprint density at radius 1 is 1.42 bits per heavy atom. The van der Waals surface area contributed by atoms with Gasteiger partial charge in [0.25, 0.3) is 0 Å². The number of aliphatic hydroxyl groups excluding tert-OH is 1. The lowest BCUT2D eigenvalue weighted by atomic mass is 9.96. The van der Waals surface area contributed by atoms with E-state index in [2.05, 4.69) is 10.1 Å². The molecule has 0 bridgehead atoms. The van der Waals surface area contributed by atoms with Crippen molar-refractivity contribution in [1.29, 1.82) is 0 Å². The maximum Gasteiger partial charge on any atom is 0.140 e. The molecule has 2 heterocycles. The summed E-state index contributed by atoms with van der Waals surface area (Å²) in [6.45, 7) is 2.74. The summed E-state index contributed by atoms with van der Waals surface area (Å²) in [5.74, 6) is -1.27. The molecule has 2 aromatic rings. The summed E-state index contributed by atoms with van der Waals surface area (Å²) in [7, 11) is 2.42. The Morgan fingerprint density at radius 2 is 2.27 bits per heavy atom. The highest BCUT2D eigenvalue weighted by Crippen LogP contribution is 2.44. The van der Waals surface area contributed by atoms with Gasteiger partial charge in [0.2, 0.25) is 0 Å². The molecule has 0 saturated carbocycles. The lowest BCUT2D eigenvalue weighted by molar-refractivity contribution is 0.0395. The van der Waals surface area contributed by atoms with Crippen LogP contribution in [-0.2, 0) is 4.74 Å². The van der Waals surface area contributed by atoms with E-state index < -0.39 is 23.1 Å². The van der Waals surface area contributed by atoms with Crippen molar-refractivity contribution in [3.8, 4) is 0 Å².